The van der Waals surface area contributed by atoms with Gasteiger partial charge in [0.25, 0.3) is 0 Å². The number of hydrogen-bond acceptors (Lipinski definition) is 4. The van der Waals surface area contributed by atoms with Crippen LogP contribution in [0.25, 0.3) is 0 Å². The lowest BCUT2D eigenvalue weighted by Gasteiger charge is -2.10. The normalized spacial score (nSPS) is 10.8. The molecule has 0 fully saturated rings. The van der Waals surface area contributed by atoms with Crippen LogP contribution in [0.5, 0.6) is 0 Å². The van der Waals surface area contributed by atoms with Crippen LogP contribution in [0.4, 0.5) is 0 Å². The minimum atomic E-state index is 0. The fraction of sp³-hybridized carbons (Fsp3) is 0.286. The molecule has 0 atom stereocenters. The fourth-order valence-corrected chi connectivity index (χ4v) is 2.37. The summed E-state index contributed by atoms with van der Waals surface area (Å²) < 4.78 is 4.77. The summed E-state index contributed by atoms with van der Waals surface area (Å²) in [6.07, 6.45) is 1.56. The summed E-state index contributed by atoms with van der Waals surface area (Å²) in [4.78, 5) is 5.44. The minimum Gasteiger partial charge on any atom is -0.364 e. The van der Waals surface area contributed by atoms with Crippen LogP contribution in [0.3, 0.4) is 0 Å². The maximum atomic E-state index is 4.77. The van der Waals surface area contributed by atoms with Gasteiger partial charge >= 0.3 is 0 Å². The highest BCUT2D eigenvalue weighted by Gasteiger charge is 2.00. The monoisotopic (exact) mass is 418 g/mol. The molecule has 0 unspecified atom stereocenters. The van der Waals surface area contributed by atoms with E-state index in [-0.39, 0.29) is 24.0 Å². The summed E-state index contributed by atoms with van der Waals surface area (Å²) in [5.74, 6) is 1.75. The molecule has 0 bridgehead atoms. The van der Waals surface area contributed by atoms with Crippen molar-refractivity contribution in [3.8, 4) is 0 Å². The Morgan fingerprint density at radius 2 is 2.05 bits per heavy atom. The number of guanidine groups is 1. The number of thioether (sulfide) groups is 1. The molecule has 0 amide bonds. The molecule has 0 aliphatic carbocycles. The number of halogens is 1. The maximum Gasteiger partial charge on any atom is 0.191 e. The van der Waals surface area contributed by atoms with Gasteiger partial charge in [0, 0.05) is 30.3 Å². The molecule has 0 radical (unpaired) electrons. The predicted octanol–water partition coefficient (Wildman–Crippen LogP) is 2.75. The molecule has 114 valence electrons. The zero-order valence-corrected chi connectivity index (χ0v) is 14.9. The van der Waals surface area contributed by atoms with Gasteiger partial charge < -0.3 is 15.2 Å². The zero-order chi connectivity index (χ0) is 14.0. The third-order valence-corrected chi connectivity index (χ3v) is 3.57. The van der Waals surface area contributed by atoms with Crippen LogP contribution in [0, 0.1) is 0 Å². The van der Waals surface area contributed by atoms with Crippen LogP contribution >= 0.6 is 35.7 Å². The third-order valence-electron chi connectivity index (χ3n) is 2.56. The Kier molecular flexibility index (Phi) is 8.91. The number of aliphatic imine (C=N–C) groups is 1. The van der Waals surface area contributed by atoms with Gasteiger partial charge in [-0.1, -0.05) is 23.4 Å². The van der Waals surface area contributed by atoms with Crippen molar-refractivity contribution in [2.45, 2.75) is 11.4 Å². The summed E-state index contributed by atoms with van der Waals surface area (Å²) in [6.45, 7) is 1.44. The smallest absolute Gasteiger partial charge is 0.191 e. The molecule has 21 heavy (non-hydrogen) atoms. The van der Waals surface area contributed by atoms with Crippen molar-refractivity contribution in [1.82, 2.24) is 15.8 Å². The van der Waals surface area contributed by atoms with Crippen LogP contribution in [0.1, 0.15) is 5.69 Å². The summed E-state index contributed by atoms with van der Waals surface area (Å²) >= 11 is 1.82. The number of hydrogen-bond donors (Lipinski definition) is 2. The van der Waals surface area contributed by atoms with Gasteiger partial charge in [0.15, 0.2) is 5.96 Å². The first-order valence-electron chi connectivity index (χ1n) is 6.40. The summed E-state index contributed by atoms with van der Waals surface area (Å²) in [5, 5.41) is 10.3. The van der Waals surface area contributed by atoms with E-state index in [1.807, 2.05) is 36.0 Å². The molecule has 2 N–H and O–H groups in total. The quantitative estimate of drug-likeness (QED) is 0.248. The van der Waals surface area contributed by atoms with E-state index in [2.05, 4.69) is 32.9 Å². The molecular formula is C14H19IN4OS. The molecule has 7 heteroatoms. The van der Waals surface area contributed by atoms with Gasteiger partial charge in [0.05, 0.1) is 6.54 Å². The molecule has 2 aromatic rings. The maximum absolute atomic E-state index is 4.77. The molecule has 1 aromatic carbocycles. The Labute approximate surface area is 146 Å². The molecule has 0 aliphatic rings. The topological polar surface area (TPSA) is 62.5 Å². The van der Waals surface area contributed by atoms with Gasteiger partial charge in [-0.15, -0.1) is 35.7 Å². The predicted molar refractivity (Wildman–Crippen MR) is 97.3 cm³/mol. The van der Waals surface area contributed by atoms with E-state index in [0.29, 0.717) is 6.54 Å². The molecule has 0 saturated carbocycles. The number of aromatic nitrogens is 1. The summed E-state index contributed by atoms with van der Waals surface area (Å²) in [6, 6.07) is 12.2. The molecule has 0 aliphatic heterocycles. The van der Waals surface area contributed by atoms with E-state index in [0.717, 1.165) is 24.0 Å². The van der Waals surface area contributed by atoms with E-state index in [1.165, 1.54) is 4.90 Å². The first-order chi connectivity index (χ1) is 9.88. The SMILES string of the molecule is CN=C(NCCSc1ccccc1)NCc1ccon1.I. The van der Waals surface area contributed by atoms with Gasteiger partial charge in [-0.2, -0.15) is 0 Å². The summed E-state index contributed by atoms with van der Waals surface area (Å²) in [7, 11) is 1.75. The largest absolute Gasteiger partial charge is 0.364 e. The minimum absolute atomic E-state index is 0. The fourth-order valence-electron chi connectivity index (χ4n) is 1.58. The molecule has 0 spiro atoms. The molecule has 5 nitrogen and oxygen atoms in total. The lowest BCUT2D eigenvalue weighted by molar-refractivity contribution is 0.410. The van der Waals surface area contributed by atoms with Crippen molar-refractivity contribution in [3.05, 3.63) is 48.4 Å². The standard InChI is InChI=1S/C14H18N4OS.HI/c1-15-14(17-11-12-7-9-19-18-12)16-8-10-20-13-5-3-2-4-6-13;/h2-7,9H,8,10-11H2,1H3,(H2,15,16,17);1H. The summed E-state index contributed by atoms with van der Waals surface area (Å²) in [5.41, 5.74) is 0.853. The number of nitrogens with one attached hydrogen (secondary N) is 2. The van der Waals surface area contributed by atoms with Gasteiger partial charge in [-0.3, -0.25) is 4.99 Å². The second-order valence-corrected chi connectivity index (χ2v) is 5.17. The van der Waals surface area contributed by atoms with Crippen molar-refractivity contribution < 1.29 is 4.52 Å². The lowest BCUT2D eigenvalue weighted by atomic mass is 10.4. The Morgan fingerprint density at radius 1 is 1.24 bits per heavy atom. The zero-order valence-electron chi connectivity index (χ0n) is 11.8. The van der Waals surface area contributed by atoms with Crippen molar-refractivity contribution >= 4 is 41.7 Å². The highest BCUT2D eigenvalue weighted by atomic mass is 127. The molecular weight excluding hydrogens is 399 g/mol. The highest BCUT2D eigenvalue weighted by molar-refractivity contribution is 14.0. The number of rotatable bonds is 6. The lowest BCUT2D eigenvalue weighted by Crippen LogP contribution is -2.38. The first-order valence-corrected chi connectivity index (χ1v) is 7.38. The van der Waals surface area contributed by atoms with E-state index < -0.39 is 0 Å². The first kappa shape index (κ1) is 17.8. The molecule has 1 heterocycles. The third kappa shape index (κ3) is 6.85. The van der Waals surface area contributed by atoms with Crippen molar-refractivity contribution in [1.29, 1.82) is 0 Å². The molecule has 0 saturated heterocycles. The van der Waals surface area contributed by atoms with Gasteiger partial charge in [0.2, 0.25) is 0 Å². The average molecular weight is 418 g/mol. The number of benzene rings is 1. The van der Waals surface area contributed by atoms with Crippen LogP contribution in [0.2, 0.25) is 0 Å². The van der Waals surface area contributed by atoms with Crippen molar-refractivity contribution in [2.24, 2.45) is 4.99 Å². The van der Waals surface area contributed by atoms with Crippen LogP contribution < -0.4 is 10.6 Å². The second kappa shape index (κ2) is 10.5. The van der Waals surface area contributed by atoms with Crippen LogP contribution in [-0.4, -0.2) is 30.5 Å². The van der Waals surface area contributed by atoms with E-state index in [4.69, 9.17) is 4.52 Å². The van der Waals surface area contributed by atoms with Crippen molar-refractivity contribution in [2.75, 3.05) is 19.3 Å². The average Bonchev–Trinajstić information content (AvgIpc) is 3.01. The van der Waals surface area contributed by atoms with Gasteiger partial charge in [-0.25, -0.2) is 0 Å². The Balaban J connectivity index is 0.00000220. The van der Waals surface area contributed by atoms with Crippen LogP contribution in [-0.2, 0) is 6.54 Å². The highest BCUT2D eigenvalue weighted by Crippen LogP contribution is 2.15. The Hall–Kier alpha value is -1.22. The van der Waals surface area contributed by atoms with Gasteiger partial charge in [-0.05, 0) is 12.1 Å². The second-order valence-electron chi connectivity index (χ2n) is 4.00. The molecule has 1 aromatic heterocycles. The van der Waals surface area contributed by atoms with Crippen LogP contribution in [0.15, 0.2) is 57.1 Å². The van der Waals surface area contributed by atoms with E-state index in [1.54, 1.807) is 13.3 Å². The number of nitrogens with zero attached hydrogens (tertiary/aromatic N) is 2. The van der Waals surface area contributed by atoms with E-state index in [9.17, 15) is 0 Å². The van der Waals surface area contributed by atoms with E-state index >= 15 is 0 Å². The van der Waals surface area contributed by atoms with Crippen molar-refractivity contribution in [3.63, 3.8) is 0 Å². The molecule has 2 rings (SSSR count). The Morgan fingerprint density at radius 3 is 2.71 bits per heavy atom. The Bertz CT molecular complexity index is 519. The van der Waals surface area contributed by atoms with Gasteiger partial charge in [0.1, 0.15) is 12.0 Å².